The first kappa shape index (κ1) is 18.1. The molecule has 1 saturated carbocycles. The van der Waals surface area contributed by atoms with Gasteiger partial charge in [0, 0.05) is 24.9 Å². The first-order valence-corrected chi connectivity index (χ1v) is 9.81. The van der Waals surface area contributed by atoms with Gasteiger partial charge in [0.25, 0.3) is 0 Å². The van der Waals surface area contributed by atoms with E-state index in [1.54, 1.807) is 0 Å². The number of rotatable bonds is 7. The summed E-state index contributed by atoms with van der Waals surface area (Å²) < 4.78 is 6.10. The first-order valence-electron chi connectivity index (χ1n) is 9.81. The van der Waals surface area contributed by atoms with Gasteiger partial charge in [0.05, 0.1) is 0 Å². The van der Waals surface area contributed by atoms with Crippen molar-refractivity contribution in [3.05, 3.63) is 64.7 Å². The number of hydrogen-bond acceptors (Lipinski definition) is 3. The fourth-order valence-corrected chi connectivity index (χ4v) is 4.21. The summed E-state index contributed by atoms with van der Waals surface area (Å²) in [5.41, 5.74) is 5.56. The molecule has 1 aliphatic carbocycles. The van der Waals surface area contributed by atoms with Crippen molar-refractivity contribution in [1.82, 2.24) is 4.90 Å². The lowest BCUT2D eigenvalue weighted by Crippen LogP contribution is -2.38. The zero-order chi connectivity index (χ0) is 18.9. The molecule has 1 heterocycles. The largest absolute Gasteiger partial charge is 0.489 e. The van der Waals surface area contributed by atoms with Crippen LogP contribution in [-0.4, -0.2) is 29.1 Å². The summed E-state index contributed by atoms with van der Waals surface area (Å²) >= 11 is 0. The summed E-state index contributed by atoms with van der Waals surface area (Å²) in [6.07, 6.45) is 3.41. The van der Waals surface area contributed by atoms with E-state index in [9.17, 15) is 4.79 Å². The van der Waals surface area contributed by atoms with Gasteiger partial charge >= 0.3 is 5.97 Å². The van der Waals surface area contributed by atoms with Crippen molar-refractivity contribution in [2.24, 2.45) is 0 Å². The van der Waals surface area contributed by atoms with E-state index in [-0.39, 0.29) is 11.8 Å². The van der Waals surface area contributed by atoms with Crippen molar-refractivity contribution in [1.29, 1.82) is 0 Å². The highest BCUT2D eigenvalue weighted by atomic mass is 16.5. The minimum absolute atomic E-state index is 0.252. The van der Waals surface area contributed by atoms with Gasteiger partial charge in [-0.15, -0.1) is 0 Å². The molecule has 1 N–H and O–H groups in total. The Morgan fingerprint density at radius 1 is 1.22 bits per heavy atom. The quantitative estimate of drug-likeness (QED) is 0.795. The predicted molar refractivity (Wildman–Crippen MR) is 105 cm³/mol. The highest BCUT2D eigenvalue weighted by Gasteiger charge is 2.49. The number of fused-ring (bicyclic) bond motifs is 2. The smallest absolute Gasteiger partial charge is 0.303 e. The molecule has 4 rings (SSSR count). The number of nitrogens with zero attached hydrogens (tertiary/aromatic N) is 1. The number of aryl methyl sites for hydroxylation is 1. The molecule has 0 aromatic heterocycles. The minimum Gasteiger partial charge on any atom is -0.489 e. The second-order valence-corrected chi connectivity index (χ2v) is 8.02. The molecular weight excluding hydrogens is 338 g/mol. The lowest BCUT2D eigenvalue weighted by atomic mass is 9.86. The number of benzene rings is 2. The molecule has 0 saturated heterocycles. The molecule has 1 spiro atoms. The minimum atomic E-state index is -0.705. The normalized spacial score (nSPS) is 17.5. The monoisotopic (exact) mass is 365 g/mol. The number of ether oxygens (including phenoxy) is 1. The van der Waals surface area contributed by atoms with E-state index < -0.39 is 5.97 Å². The van der Waals surface area contributed by atoms with E-state index in [0.29, 0.717) is 6.61 Å². The van der Waals surface area contributed by atoms with Gasteiger partial charge in [-0.05, 0) is 67.1 Å². The second-order valence-electron chi connectivity index (χ2n) is 8.02. The topological polar surface area (TPSA) is 49.8 Å². The zero-order valence-corrected chi connectivity index (χ0v) is 15.9. The molecule has 0 unspecified atom stereocenters. The van der Waals surface area contributed by atoms with Gasteiger partial charge in [-0.2, -0.15) is 0 Å². The van der Waals surface area contributed by atoms with Crippen LogP contribution in [-0.2, 0) is 23.4 Å². The summed E-state index contributed by atoms with van der Waals surface area (Å²) in [5.74, 6) is 0.242. The number of carboxylic acid groups (broad SMARTS) is 1. The Bertz CT molecular complexity index is 841. The van der Waals surface area contributed by atoms with Crippen molar-refractivity contribution in [2.75, 3.05) is 13.1 Å². The van der Waals surface area contributed by atoms with Crippen molar-refractivity contribution in [3.63, 3.8) is 0 Å². The molecule has 4 heteroatoms. The Hall–Kier alpha value is -2.33. The summed E-state index contributed by atoms with van der Waals surface area (Å²) in [6.45, 7) is 5.53. The molecule has 2 aliphatic rings. The van der Waals surface area contributed by atoms with Crippen LogP contribution in [0.15, 0.2) is 42.5 Å². The lowest BCUT2D eigenvalue weighted by Gasteiger charge is -2.35. The Kier molecular flexibility index (Phi) is 4.92. The summed E-state index contributed by atoms with van der Waals surface area (Å²) in [4.78, 5) is 13.2. The van der Waals surface area contributed by atoms with Gasteiger partial charge < -0.3 is 9.84 Å². The number of carboxylic acids is 1. The molecule has 2 aromatic rings. The van der Waals surface area contributed by atoms with E-state index in [2.05, 4.69) is 54.3 Å². The number of carbonyl (C=O) groups is 1. The molecule has 2 aromatic carbocycles. The van der Waals surface area contributed by atoms with E-state index in [4.69, 9.17) is 9.84 Å². The van der Waals surface area contributed by atoms with Crippen molar-refractivity contribution >= 4 is 5.97 Å². The third kappa shape index (κ3) is 4.01. The Labute approximate surface area is 160 Å². The Morgan fingerprint density at radius 2 is 2.04 bits per heavy atom. The molecule has 0 radical (unpaired) electrons. The van der Waals surface area contributed by atoms with Crippen molar-refractivity contribution < 1.29 is 14.6 Å². The molecule has 1 fully saturated rings. The fourth-order valence-electron chi connectivity index (χ4n) is 4.21. The molecule has 4 nitrogen and oxygen atoms in total. The van der Waals surface area contributed by atoms with Gasteiger partial charge in [0.2, 0.25) is 0 Å². The predicted octanol–water partition coefficient (Wildman–Crippen LogP) is 4.29. The van der Waals surface area contributed by atoms with Crippen molar-refractivity contribution in [2.45, 2.75) is 51.2 Å². The maximum atomic E-state index is 10.8. The summed E-state index contributed by atoms with van der Waals surface area (Å²) in [5, 5.41) is 8.86. The molecule has 0 bridgehead atoms. The van der Waals surface area contributed by atoms with Crippen LogP contribution in [0.25, 0.3) is 0 Å². The third-order valence-electron chi connectivity index (χ3n) is 5.95. The van der Waals surface area contributed by atoms with Gasteiger partial charge in [-0.3, -0.25) is 9.69 Å². The van der Waals surface area contributed by atoms with E-state index in [0.717, 1.165) is 31.8 Å². The molecular formula is C23H27NO3. The maximum Gasteiger partial charge on any atom is 0.303 e. The first-order chi connectivity index (χ1) is 13.1. The highest BCUT2D eigenvalue weighted by Crippen LogP contribution is 2.53. The van der Waals surface area contributed by atoms with Crippen LogP contribution in [0.1, 0.15) is 47.9 Å². The van der Waals surface area contributed by atoms with Gasteiger partial charge in [-0.25, -0.2) is 0 Å². The second kappa shape index (κ2) is 7.35. The molecule has 142 valence electrons. The molecule has 27 heavy (non-hydrogen) atoms. The van der Waals surface area contributed by atoms with E-state index in [1.165, 1.54) is 35.1 Å². The Morgan fingerprint density at radius 3 is 2.78 bits per heavy atom. The SMILES string of the molecule is Cc1ccccc1COc1ccc2c(c1)C1(CC1)CN(CCCC(=O)O)C2. The van der Waals surface area contributed by atoms with Crippen LogP contribution >= 0.6 is 0 Å². The molecule has 0 atom stereocenters. The van der Waals surface area contributed by atoms with Gasteiger partial charge in [0.1, 0.15) is 12.4 Å². The highest BCUT2D eigenvalue weighted by molar-refractivity contribution is 5.66. The van der Waals surface area contributed by atoms with E-state index >= 15 is 0 Å². The third-order valence-corrected chi connectivity index (χ3v) is 5.95. The van der Waals surface area contributed by atoms with Crippen LogP contribution in [0.4, 0.5) is 0 Å². The molecule has 1 aliphatic heterocycles. The zero-order valence-electron chi connectivity index (χ0n) is 15.9. The fraction of sp³-hybridized carbons (Fsp3) is 0.435. The van der Waals surface area contributed by atoms with Crippen LogP contribution in [0, 0.1) is 6.92 Å². The van der Waals surface area contributed by atoms with Crippen LogP contribution in [0.3, 0.4) is 0 Å². The van der Waals surface area contributed by atoms with Gasteiger partial charge in [-0.1, -0.05) is 30.3 Å². The number of hydrogen-bond donors (Lipinski definition) is 1. The van der Waals surface area contributed by atoms with Crippen LogP contribution < -0.4 is 4.74 Å². The van der Waals surface area contributed by atoms with Crippen LogP contribution in [0.5, 0.6) is 5.75 Å². The summed E-state index contributed by atoms with van der Waals surface area (Å²) in [7, 11) is 0. The van der Waals surface area contributed by atoms with Gasteiger partial charge in [0.15, 0.2) is 0 Å². The maximum absolute atomic E-state index is 10.8. The van der Waals surface area contributed by atoms with E-state index in [1.807, 2.05) is 0 Å². The number of aliphatic carboxylic acids is 1. The lowest BCUT2D eigenvalue weighted by molar-refractivity contribution is -0.137. The van der Waals surface area contributed by atoms with Crippen molar-refractivity contribution in [3.8, 4) is 5.75 Å². The Balaban J connectivity index is 1.45. The molecule has 0 amide bonds. The average Bonchev–Trinajstić information content (AvgIpc) is 3.41. The summed E-state index contributed by atoms with van der Waals surface area (Å²) in [6, 6.07) is 14.9. The standard InChI is InChI=1S/C23H27NO3/c1-17-5-2-3-6-19(17)15-27-20-9-8-18-14-24(12-4-7-22(25)26)16-23(10-11-23)21(18)13-20/h2-3,5-6,8-9,13H,4,7,10-12,14-16H2,1H3,(H,25,26). The van der Waals surface area contributed by atoms with Crippen LogP contribution in [0.2, 0.25) is 0 Å². The average molecular weight is 365 g/mol.